The highest BCUT2D eigenvalue weighted by atomic mass is 16.5. The molecule has 14 heteroatoms. The molecule has 1 aromatic carbocycles. The van der Waals surface area contributed by atoms with Crippen LogP contribution in [0.3, 0.4) is 0 Å². The van der Waals surface area contributed by atoms with E-state index in [1.807, 2.05) is 20.8 Å². The number of amides is 7. The van der Waals surface area contributed by atoms with Gasteiger partial charge in [-0.15, -0.1) is 0 Å². The third kappa shape index (κ3) is 12.1. The molecule has 1 heterocycles. The number of benzene rings is 1. The van der Waals surface area contributed by atoms with E-state index in [0.717, 1.165) is 5.56 Å². The van der Waals surface area contributed by atoms with Crippen LogP contribution in [0.4, 0.5) is 10.5 Å². The van der Waals surface area contributed by atoms with Crippen LogP contribution in [0.2, 0.25) is 0 Å². The predicted octanol–water partition coefficient (Wildman–Crippen LogP) is 1.96. The average molecular weight is 645 g/mol. The monoisotopic (exact) mass is 644 g/mol. The standard InChI is InChI=1S/C32H48N6O8/c1-19(2)27(37-25(40)10-8-16-38-26(41)17-23(30(38)44)32(4,5)6)29(43)36-24(9-7-15-34-31(33)45)28(42)35-22-13-11-21(12-14-22)18-46-20(3)39/h11-14,19,23-24,27H,7-10,15-18H2,1-6H3,(H,35,42)(H,36,43)(H,37,40)(H3,33,34,45)/t23?,24-,27-/m0/s1. The van der Waals surface area contributed by atoms with Crippen molar-refractivity contribution < 1.29 is 38.3 Å². The van der Waals surface area contributed by atoms with E-state index in [0.29, 0.717) is 12.1 Å². The molecule has 1 saturated heterocycles. The molecule has 0 radical (unpaired) electrons. The minimum absolute atomic E-state index is 0.0100. The molecular formula is C32H48N6O8. The largest absolute Gasteiger partial charge is 0.461 e. The molecule has 0 saturated carbocycles. The molecule has 0 spiro atoms. The van der Waals surface area contributed by atoms with Gasteiger partial charge < -0.3 is 31.7 Å². The average Bonchev–Trinajstić information content (AvgIpc) is 3.25. The quantitative estimate of drug-likeness (QED) is 0.102. The summed E-state index contributed by atoms with van der Waals surface area (Å²) in [7, 11) is 0. The second-order valence-corrected chi connectivity index (χ2v) is 12.9. The lowest BCUT2D eigenvalue weighted by atomic mass is 9.80. The number of nitrogens with two attached hydrogens (primary N) is 1. The van der Waals surface area contributed by atoms with Gasteiger partial charge in [0.1, 0.15) is 18.7 Å². The Kier molecular flexibility index (Phi) is 14.2. The molecule has 3 atom stereocenters. The number of carbonyl (C=O) groups excluding carboxylic acids is 7. The molecule has 1 fully saturated rings. The summed E-state index contributed by atoms with van der Waals surface area (Å²) in [6, 6.07) is 3.95. The highest BCUT2D eigenvalue weighted by molar-refractivity contribution is 6.04. The maximum absolute atomic E-state index is 13.4. The van der Waals surface area contributed by atoms with Crippen LogP contribution >= 0.6 is 0 Å². The number of esters is 1. The first-order valence-corrected chi connectivity index (χ1v) is 15.5. The fourth-order valence-electron chi connectivity index (χ4n) is 4.92. The number of hydrogen-bond acceptors (Lipinski definition) is 8. The minimum Gasteiger partial charge on any atom is -0.461 e. The Morgan fingerprint density at radius 1 is 1.00 bits per heavy atom. The van der Waals surface area contributed by atoms with Crippen LogP contribution in [0.5, 0.6) is 0 Å². The number of primary amides is 1. The van der Waals surface area contributed by atoms with Crippen molar-refractivity contribution in [3.05, 3.63) is 29.8 Å². The zero-order chi connectivity index (χ0) is 34.6. The fourth-order valence-corrected chi connectivity index (χ4v) is 4.92. The van der Waals surface area contributed by atoms with Crippen LogP contribution in [0.25, 0.3) is 0 Å². The second kappa shape index (κ2) is 17.3. The summed E-state index contributed by atoms with van der Waals surface area (Å²) in [4.78, 5) is 87.9. The second-order valence-electron chi connectivity index (χ2n) is 12.9. The third-order valence-electron chi connectivity index (χ3n) is 7.61. The summed E-state index contributed by atoms with van der Waals surface area (Å²) in [5.74, 6) is -3.13. The van der Waals surface area contributed by atoms with E-state index in [-0.39, 0.29) is 68.5 Å². The molecule has 6 N–H and O–H groups in total. The third-order valence-corrected chi connectivity index (χ3v) is 7.61. The van der Waals surface area contributed by atoms with Gasteiger partial charge in [0, 0.05) is 38.5 Å². The zero-order valence-corrected chi connectivity index (χ0v) is 27.6. The van der Waals surface area contributed by atoms with E-state index in [4.69, 9.17) is 10.5 Å². The minimum atomic E-state index is -1.01. The van der Waals surface area contributed by atoms with E-state index < -0.39 is 47.7 Å². The van der Waals surface area contributed by atoms with E-state index in [9.17, 15) is 33.6 Å². The van der Waals surface area contributed by atoms with Gasteiger partial charge in [-0.2, -0.15) is 0 Å². The zero-order valence-electron chi connectivity index (χ0n) is 27.6. The normalized spacial score (nSPS) is 16.1. The summed E-state index contributed by atoms with van der Waals surface area (Å²) in [5.41, 5.74) is 5.95. The van der Waals surface area contributed by atoms with Crippen LogP contribution < -0.4 is 27.0 Å². The van der Waals surface area contributed by atoms with Gasteiger partial charge in [-0.05, 0) is 48.3 Å². The van der Waals surface area contributed by atoms with Crippen molar-refractivity contribution in [2.45, 2.75) is 92.3 Å². The van der Waals surface area contributed by atoms with Gasteiger partial charge in [0.05, 0.1) is 5.92 Å². The molecule has 1 unspecified atom stereocenters. The molecule has 0 bridgehead atoms. The van der Waals surface area contributed by atoms with Crippen LogP contribution in [-0.2, 0) is 40.1 Å². The summed E-state index contributed by atoms with van der Waals surface area (Å²) >= 11 is 0. The number of rotatable bonds is 16. The molecule has 1 aliphatic rings. The first-order valence-electron chi connectivity index (χ1n) is 15.5. The van der Waals surface area contributed by atoms with Crippen molar-refractivity contribution in [3.63, 3.8) is 0 Å². The smallest absolute Gasteiger partial charge is 0.312 e. The van der Waals surface area contributed by atoms with Gasteiger partial charge in [0.25, 0.3) is 0 Å². The van der Waals surface area contributed by atoms with Gasteiger partial charge in [0.2, 0.25) is 29.5 Å². The molecule has 0 aromatic heterocycles. The molecule has 14 nitrogen and oxygen atoms in total. The Labute approximate surface area is 269 Å². The first-order chi connectivity index (χ1) is 21.5. The number of nitrogens with one attached hydrogen (secondary N) is 4. The van der Waals surface area contributed by atoms with Crippen LogP contribution in [0.1, 0.15) is 79.2 Å². The van der Waals surface area contributed by atoms with Gasteiger partial charge in [-0.1, -0.05) is 46.8 Å². The lowest BCUT2D eigenvalue weighted by Crippen LogP contribution is -2.54. The number of imide groups is 1. The fraction of sp³-hybridized carbons (Fsp3) is 0.594. The van der Waals surface area contributed by atoms with Crippen molar-refractivity contribution in [2.75, 3.05) is 18.4 Å². The van der Waals surface area contributed by atoms with Gasteiger partial charge >= 0.3 is 12.0 Å². The van der Waals surface area contributed by atoms with Gasteiger partial charge in [-0.3, -0.25) is 33.7 Å². The van der Waals surface area contributed by atoms with E-state index in [1.54, 1.807) is 38.1 Å². The Morgan fingerprint density at radius 2 is 1.65 bits per heavy atom. The van der Waals surface area contributed by atoms with Crippen LogP contribution in [0.15, 0.2) is 24.3 Å². The van der Waals surface area contributed by atoms with Crippen LogP contribution in [-0.4, -0.2) is 71.6 Å². The van der Waals surface area contributed by atoms with Gasteiger partial charge in [0.15, 0.2) is 0 Å². The molecule has 0 aliphatic carbocycles. The van der Waals surface area contributed by atoms with Gasteiger partial charge in [-0.25, -0.2) is 4.79 Å². The van der Waals surface area contributed by atoms with Crippen molar-refractivity contribution >= 4 is 47.2 Å². The lowest BCUT2D eigenvalue weighted by Gasteiger charge is -2.26. The highest BCUT2D eigenvalue weighted by Gasteiger charge is 2.44. The van der Waals surface area contributed by atoms with Crippen molar-refractivity contribution in [2.24, 2.45) is 23.0 Å². The maximum atomic E-state index is 13.4. The Hall–Kier alpha value is -4.49. The summed E-state index contributed by atoms with van der Waals surface area (Å²) in [5, 5.41) is 10.6. The lowest BCUT2D eigenvalue weighted by molar-refractivity contribution is -0.142. The number of nitrogens with zero attached hydrogens (tertiary/aromatic N) is 1. The Balaban J connectivity index is 2.01. The summed E-state index contributed by atoms with van der Waals surface area (Å²) in [6.45, 7) is 10.9. The maximum Gasteiger partial charge on any atom is 0.312 e. The van der Waals surface area contributed by atoms with Crippen LogP contribution in [0, 0.1) is 17.3 Å². The molecule has 46 heavy (non-hydrogen) atoms. The Morgan fingerprint density at radius 3 is 2.20 bits per heavy atom. The molecule has 1 aliphatic heterocycles. The number of hydrogen-bond donors (Lipinski definition) is 5. The molecule has 7 amide bonds. The molecule has 2 rings (SSSR count). The summed E-state index contributed by atoms with van der Waals surface area (Å²) in [6.07, 6.45) is 0.868. The summed E-state index contributed by atoms with van der Waals surface area (Å²) < 4.78 is 4.97. The highest BCUT2D eigenvalue weighted by Crippen LogP contribution is 2.35. The van der Waals surface area contributed by atoms with Crippen molar-refractivity contribution in [3.8, 4) is 0 Å². The number of ether oxygens (including phenoxy) is 1. The molecule has 254 valence electrons. The number of urea groups is 1. The Bertz CT molecular complexity index is 1270. The SMILES string of the molecule is CC(=O)OCc1ccc(NC(=O)[C@H](CCCNC(N)=O)NC(=O)[C@@H](NC(=O)CCCN2C(=O)CC(C(C)(C)C)C2=O)C(C)C)cc1. The van der Waals surface area contributed by atoms with E-state index in [2.05, 4.69) is 21.3 Å². The van der Waals surface area contributed by atoms with E-state index in [1.165, 1.54) is 11.8 Å². The molecular weight excluding hydrogens is 596 g/mol. The van der Waals surface area contributed by atoms with Crippen molar-refractivity contribution in [1.82, 2.24) is 20.9 Å². The number of carbonyl (C=O) groups is 7. The predicted molar refractivity (Wildman–Crippen MR) is 170 cm³/mol. The number of anilines is 1. The topological polar surface area (TPSA) is 206 Å². The van der Waals surface area contributed by atoms with E-state index >= 15 is 0 Å². The molecule has 1 aromatic rings. The van der Waals surface area contributed by atoms with Crippen molar-refractivity contribution in [1.29, 1.82) is 0 Å². The first kappa shape index (κ1) is 37.7. The number of likely N-dealkylation sites (tertiary alicyclic amines) is 1.